The number of anilines is 2. The number of hydrogen-bond donors (Lipinski definition) is 1. The largest absolute Gasteiger partial charge is 0.353 e. The second kappa shape index (κ2) is 5.19. The molecule has 0 unspecified atom stereocenters. The maximum atomic E-state index is 14.0. The Morgan fingerprint density at radius 3 is 2.56 bits per heavy atom. The average molecular weight is 305 g/mol. The molecule has 0 aliphatic rings. The van der Waals surface area contributed by atoms with E-state index < -0.39 is 5.82 Å². The molecule has 2 aromatic carbocycles. The van der Waals surface area contributed by atoms with Crippen LogP contribution in [0.5, 0.6) is 0 Å². The molecule has 0 aromatic heterocycles. The molecule has 0 saturated heterocycles. The van der Waals surface area contributed by atoms with Gasteiger partial charge in [-0.15, -0.1) is 0 Å². The van der Waals surface area contributed by atoms with Crippen molar-refractivity contribution in [2.24, 2.45) is 0 Å². The Hall–Kier alpha value is -1.86. The Kier molecular flexibility index (Phi) is 3.63. The maximum absolute atomic E-state index is 14.0. The van der Waals surface area contributed by atoms with Crippen LogP contribution in [0.15, 0.2) is 40.9 Å². The second-order valence-electron chi connectivity index (χ2n) is 3.84. The first kappa shape index (κ1) is 12.6. The van der Waals surface area contributed by atoms with E-state index in [0.717, 1.165) is 11.3 Å². The van der Waals surface area contributed by atoms with Gasteiger partial charge in [0.2, 0.25) is 0 Å². The number of nitrogens with zero attached hydrogens (tertiary/aromatic N) is 1. The molecule has 0 amide bonds. The van der Waals surface area contributed by atoms with Gasteiger partial charge in [-0.25, -0.2) is 4.39 Å². The van der Waals surface area contributed by atoms with Crippen molar-refractivity contribution >= 4 is 27.3 Å². The monoisotopic (exact) mass is 304 g/mol. The average Bonchev–Trinajstić information content (AvgIpc) is 2.38. The van der Waals surface area contributed by atoms with Gasteiger partial charge in [-0.2, -0.15) is 5.26 Å². The van der Waals surface area contributed by atoms with E-state index in [0.29, 0.717) is 5.69 Å². The molecular weight excluding hydrogens is 295 g/mol. The molecule has 90 valence electrons. The highest BCUT2D eigenvalue weighted by atomic mass is 79.9. The molecule has 0 radical (unpaired) electrons. The van der Waals surface area contributed by atoms with Gasteiger partial charge in [-0.05, 0) is 46.6 Å². The first-order valence-corrected chi connectivity index (χ1v) is 6.13. The van der Waals surface area contributed by atoms with Crippen LogP contribution < -0.4 is 5.32 Å². The van der Waals surface area contributed by atoms with E-state index in [-0.39, 0.29) is 10.0 Å². The van der Waals surface area contributed by atoms with Crippen molar-refractivity contribution in [3.05, 3.63) is 57.8 Å². The summed E-state index contributed by atoms with van der Waals surface area (Å²) >= 11 is 3.09. The van der Waals surface area contributed by atoms with Gasteiger partial charge in [-0.3, -0.25) is 0 Å². The van der Waals surface area contributed by atoms with Crippen molar-refractivity contribution in [3.8, 4) is 6.07 Å². The summed E-state index contributed by atoms with van der Waals surface area (Å²) in [4.78, 5) is 0. The number of rotatable bonds is 2. The second-order valence-corrected chi connectivity index (χ2v) is 4.63. The molecule has 2 rings (SSSR count). The molecule has 0 atom stereocenters. The highest BCUT2D eigenvalue weighted by Crippen LogP contribution is 2.29. The lowest BCUT2D eigenvalue weighted by atomic mass is 10.1. The third kappa shape index (κ3) is 2.36. The Morgan fingerprint density at radius 2 is 1.89 bits per heavy atom. The molecule has 0 bridgehead atoms. The molecule has 0 aliphatic heterocycles. The third-order valence-corrected chi connectivity index (χ3v) is 3.39. The molecule has 1 N–H and O–H groups in total. The van der Waals surface area contributed by atoms with Gasteiger partial charge in [-0.1, -0.05) is 18.2 Å². The Bertz CT molecular complexity index is 632. The van der Waals surface area contributed by atoms with E-state index in [9.17, 15) is 4.39 Å². The summed E-state index contributed by atoms with van der Waals surface area (Å²) in [6.07, 6.45) is 0. The molecule has 18 heavy (non-hydrogen) atoms. The Balaban J connectivity index is 2.40. The summed E-state index contributed by atoms with van der Waals surface area (Å²) in [5, 5.41) is 11.8. The number of benzene rings is 2. The van der Waals surface area contributed by atoms with Crippen LogP contribution in [0.2, 0.25) is 0 Å². The van der Waals surface area contributed by atoms with Gasteiger partial charge in [0, 0.05) is 5.69 Å². The molecule has 0 aliphatic carbocycles. The lowest BCUT2D eigenvalue weighted by Gasteiger charge is -2.11. The minimum atomic E-state index is -0.461. The highest BCUT2D eigenvalue weighted by Gasteiger charge is 2.11. The number of aryl methyl sites for hydroxylation is 1. The maximum Gasteiger partial charge on any atom is 0.162 e. The quantitative estimate of drug-likeness (QED) is 0.886. The molecule has 2 aromatic rings. The SMILES string of the molecule is Cc1ccccc1Nc1ccc(C#N)c(Br)c1F. The van der Waals surface area contributed by atoms with E-state index in [1.165, 1.54) is 0 Å². The summed E-state index contributed by atoms with van der Waals surface area (Å²) in [6, 6.07) is 12.7. The molecule has 0 spiro atoms. The summed E-state index contributed by atoms with van der Waals surface area (Å²) < 4.78 is 14.2. The van der Waals surface area contributed by atoms with E-state index in [2.05, 4.69) is 21.2 Å². The van der Waals surface area contributed by atoms with Crippen molar-refractivity contribution in [2.75, 3.05) is 5.32 Å². The summed E-state index contributed by atoms with van der Waals surface area (Å²) in [6.45, 7) is 1.94. The fourth-order valence-electron chi connectivity index (χ4n) is 1.59. The molecule has 0 heterocycles. The fraction of sp³-hybridized carbons (Fsp3) is 0.0714. The zero-order valence-corrected chi connectivity index (χ0v) is 11.3. The van der Waals surface area contributed by atoms with Crippen LogP contribution in [0.3, 0.4) is 0 Å². The van der Waals surface area contributed by atoms with Crippen molar-refractivity contribution in [1.29, 1.82) is 5.26 Å². The number of halogens is 2. The van der Waals surface area contributed by atoms with Crippen molar-refractivity contribution < 1.29 is 4.39 Å². The lowest BCUT2D eigenvalue weighted by Crippen LogP contribution is -1.97. The third-order valence-electron chi connectivity index (χ3n) is 2.62. The van der Waals surface area contributed by atoms with Crippen LogP contribution in [-0.2, 0) is 0 Å². The zero-order valence-electron chi connectivity index (χ0n) is 9.67. The number of nitrogens with one attached hydrogen (secondary N) is 1. The predicted molar refractivity (Wildman–Crippen MR) is 73.3 cm³/mol. The molecule has 2 nitrogen and oxygen atoms in total. The standard InChI is InChI=1S/C14H10BrFN2/c1-9-4-2-3-5-11(9)18-12-7-6-10(8-17)13(15)14(12)16/h2-7,18H,1H3. The van der Waals surface area contributed by atoms with Crippen LogP contribution >= 0.6 is 15.9 Å². The molecule has 0 saturated carbocycles. The predicted octanol–water partition coefficient (Wildman–Crippen LogP) is 4.51. The van der Waals surface area contributed by atoms with E-state index in [1.807, 2.05) is 37.3 Å². The normalized spacial score (nSPS) is 9.89. The van der Waals surface area contributed by atoms with Gasteiger partial charge >= 0.3 is 0 Å². The number of para-hydroxylation sites is 1. The number of hydrogen-bond acceptors (Lipinski definition) is 2. The van der Waals surface area contributed by atoms with Crippen LogP contribution in [-0.4, -0.2) is 0 Å². The molecule has 4 heteroatoms. The smallest absolute Gasteiger partial charge is 0.162 e. The van der Waals surface area contributed by atoms with Crippen LogP contribution in [0.25, 0.3) is 0 Å². The minimum absolute atomic E-state index is 0.184. The van der Waals surface area contributed by atoms with Gasteiger partial charge in [0.15, 0.2) is 5.82 Å². The van der Waals surface area contributed by atoms with Gasteiger partial charge in [0.05, 0.1) is 15.7 Å². The minimum Gasteiger partial charge on any atom is -0.353 e. The number of nitriles is 1. The van der Waals surface area contributed by atoms with Gasteiger partial charge in [0.25, 0.3) is 0 Å². The van der Waals surface area contributed by atoms with Crippen molar-refractivity contribution in [2.45, 2.75) is 6.92 Å². The van der Waals surface area contributed by atoms with Crippen molar-refractivity contribution in [3.63, 3.8) is 0 Å². The van der Waals surface area contributed by atoms with Gasteiger partial charge in [0.1, 0.15) is 6.07 Å². The Labute approximate surface area is 113 Å². The van der Waals surface area contributed by atoms with E-state index >= 15 is 0 Å². The fourth-order valence-corrected chi connectivity index (χ4v) is 2.02. The Morgan fingerprint density at radius 1 is 1.17 bits per heavy atom. The summed E-state index contributed by atoms with van der Waals surface area (Å²) in [7, 11) is 0. The van der Waals surface area contributed by atoms with Crippen molar-refractivity contribution in [1.82, 2.24) is 0 Å². The molecule has 0 fully saturated rings. The lowest BCUT2D eigenvalue weighted by molar-refractivity contribution is 0.624. The van der Waals surface area contributed by atoms with Crippen LogP contribution in [0.1, 0.15) is 11.1 Å². The van der Waals surface area contributed by atoms with Gasteiger partial charge < -0.3 is 5.32 Å². The first-order valence-electron chi connectivity index (χ1n) is 5.34. The molecular formula is C14H10BrFN2. The van der Waals surface area contributed by atoms with Crippen LogP contribution in [0.4, 0.5) is 15.8 Å². The van der Waals surface area contributed by atoms with E-state index in [1.54, 1.807) is 12.1 Å². The summed E-state index contributed by atoms with van der Waals surface area (Å²) in [5.41, 5.74) is 2.49. The topological polar surface area (TPSA) is 35.8 Å². The van der Waals surface area contributed by atoms with E-state index in [4.69, 9.17) is 5.26 Å². The highest BCUT2D eigenvalue weighted by molar-refractivity contribution is 9.10. The zero-order chi connectivity index (χ0) is 13.1. The first-order chi connectivity index (χ1) is 8.63. The van der Waals surface area contributed by atoms with Crippen LogP contribution in [0, 0.1) is 24.1 Å². The summed E-state index contributed by atoms with van der Waals surface area (Å²) in [5.74, 6) is -0.461.